The molecule has 4 N–H and O–H groups in total. The first kappa shape index (κ1) is 23.6. The molecule has 3 rings (SSSR count). The number of anilines is 1. The third kappa shape index (κ3) is 6.43. The Balaban J connectivity index is 0.00000300. The zero-order valence-electron chi connectivity index (χ0n) is 15.9. The Labute approximate surface area is 193 Å². The summed E-state index contributed by atoms with van der Waals surface area (Å²) in [5.41, 5.74) is 0.920. The molecule has 1 aliphatic heterocycles. The second-order valence-corrected chi connectivity index (χ2v) is 8.47. The van der Waals surface area contributed by atoms with Crippen molar-refractivity contribution < 1.29 is 8.42 Å². The van der Waals surface area contributed by atoms with Crippen LogP contribution in [0.25, 0.3) is 0 Å². The number of nitrogens with two attached hydrogens (primary N) is 1. The number of guanidine groups is 1. The predicted octanol–water partition coefficient (Wildman–Crippen LogP) is 1.94. The summed E-state index contributed by atoms with van der Waals surface area (Å²) in [4.78, 5) is 10.9. The van der Waals surface area contributed by atoms with Gasteiger partial charge < -0.3 is 15.5 Å². The quantitative estimate of drug-likeness (QED) is 0.298. The molecule has 1 aliphatic rings. The standard InChI is InChI=1S/C18H23ClN6O2S.HI/c1-21-18(23-11-13-4-6-15(7-5-13)28(20,26)27)24-14-8-10-25(12-14)17-16(19)3-2-9-22-17;/h2-7,9,14H,8,10-12H2,1H3,(H2,20,26,27)(H2,21,23,24);1H. The number of hydrogen-bond acceptors (Lipinski definition) is 5. The third-order valence-electron chi connectivity index (χ3n) is 4.50. The summed E-state index contributed by atoms with van der Waals surface area (Å²) >= 11 is 6.24. The molecule has 2 heterocycles. The molecule has 0 saturated carbocycles. The second-order valence-electron chi connectivity index (χ2n) is 6.50. The number of rotatable bonds is 5. The molecule has 1 aromatic heterocycles. The van der Waals surface area contributed by atoms with Crippen molar-refractivity contribution in [2.45, 2.75) is 23.9 Å². The summed E-state index contributed by atoms with van der Waals surface area (Å²) in [5, 5.41) is 12.4. The average Bonchev–Trinajstić information content (AvgIpc) is 3.13. The fourth-order valence-corrected chi connectivity index (χ4v) is 3.81. The van der Waals surface area contributed by atoms with Crippen molar-refractivity contribution in [1.82, 2.24) is 15.6 Å². The molecule has 0 radical (unpaired) electrons. The second kappa shape index (κ2) is 10.4. The van der Waals surface area contributed by atoms with Crippen LogP contribution in [0.3, 0.4) is 0 Å². The van der Waals surface area contributed by atoms with Crippen molar-refractivity contribution in [3.05, 3.63) is 53.2 Å². The largest absolute Gasteiger partial charge is 0.353 e. The number of nitrogens with one attached hydrogen (secondary N) is 2. The molecule has 0 spiro atoms. The van der Waals surface area contributed by atoms with Crippen molar-refractivity contribution >= 4 is 57.4 Å². The molecule has 158 valence electrons. The lowest BCUT2D eigenvalue weighted by Gasteiger charge is -2.20. The van der Waals surface area contributed by atoms with E-state index in [1.54, 1.807) is 25.4 Å². The van der Waals surface area contributed by atoms with Crippen LogP contribution in [-0.4, -0.2) is 45.5 Å². The number of aliphatic imine (C=N–C) groups is 1. The van der Waals surface area contributed by atoms with Crippen LogP contribution < -0.4 is 20.7 Å². The van der Waals surface area contributed by atoms with Crippen molar-refractivity contribution in [3.8, 4) is 0 Å². The van der Waals surface area contributed by atoms with Gasteiger partial charge in [-0.05, 0) is 36.2 Å². The van der Waals surface area contributed by atoms with Crippen LogP contribution in [0.4, 0.5) is 5.82 Å². The van der Waals surface area contributed by atoms with E-state index in [0.29, 0.717) is 17.5 Å². The van der Waals surface area contributed by atoms with Gasteiger partial charge in [-0.3, -0.25) is 4.99 Å². The number of benzene rings is 1. The van der Waals surface area contributed by atoms with Crippen molar-refractivity contribution in [2.75, 3.05) is 25.0 Å². The molecule has 1 saturated heterocycles. The molecule has 1 atom stereocenters. The normalized spacial score (nSPS) is 17.0. The number of pyridine rings is 1. The minimum absolute atomic E-state index is 0. The minimum atomic E-state index is -3.68. The first-order chi connectivity index (χ1) is 13.4. The first-order valence-corrected chi connectivity index (χ1v) is 10.7. The van der Waals surface area contributed by atoms with E-state index in [2.05, 4.69) is 25.5 Å². The van der Waals surface area contributed by atoms with Gasteiger partial charge in [-0.2, -0.15) is 0 Å². The highest BCUT2D eigenvalue weighted by atomic mass is 127. The molecule has 8 nitrogen and oxygen atoms in total. The van der Waals surface area contributed by atoms with E-state index in [1.165, 1.54) is 12.1 Å². The monoisotopic (exact) mass is 550 g/mol. The van der Waals surface area contributed by atoms with Crippen LogP contribution in [0, 0.1) is 0 Å². The lowest BCUT2D eigenvalue weighted by atomic mass is 10.2. The summed E-state index contributed by atoms with van der Waals surface area (Å²) in [7, 11) is -1.97. The summed E-state index contributed by atoms with van der Waals surface area (Å²) in [6, 6.07) is 10.3. The summed E-state index contributed by atoms with van der Waals surface area (Å²) < 4.78 is 22.6. The van der Waals surface area contributed by atoms with Gasteiger partial charge in [-0.25, -0.2) is 18.5 Å². The van der Waals surface area contributed by atoms with Crippen LogP contribution >= 0.6 is 35.6 Å². The Bertz CT molecular complexity index is 955. The number of nitrogens with zero attached hydrogens (tertiary/aromatic N) is 3. The van der Waals surface area contributed by atoms with E-state index in [0.717, 1.165) is 30.9 Å². The molecular formula is C18H24ClIN6O2S. The van der Waals surface area contributed by atoms with E-state index in [1.807, 2.05) is 12.1 Å². The van der Waals surface area contributed by atoms with Crippen LogP contribution in [0.15, 0.2) is 52.5 Å². The van der Waals surface area contributed by atoms with Crippen LogP contribution in [-0.2, 0) is 16.6 Å². The third-order valence-corrected chi connectivity index (χ3v) is 5.73. The molecule has 29 heavy (non-hydrogen) atoms. The van der Waals surface area contributed by atoms with Gasteiger partial charge in [0.15, 0.2) is 5.96 Å². The van der Waals surface area contributed by atoms with Gasteiger partial charge in [0.25, 0.3) is 0 Å². The van der Waals surface area contributed by atoms with E-state index >= 15 is 0 Å². The zero-order valence-corrected chi connectivity index (χ0v) is 19.8. The van der Waals surface area contributed by atoms with Gasteiger partial charge in [0, 0.05) is 38.9 Å². The average molecular weight is 551 g/mol. The highest BCUT2D eigenvalue weighted by Gasteiger charge is 2.25. The van der Waals surface area contributed by atoms with E-state index in [4.69, 9.17) is 16.7 Å². The lowest BCUT2D eigenvalue weighted by molar-refractivity contribution is 0.597. The number of hydrogen-bond donors (Lipinski definition) is 3. The molecule has 2 aromatic rings. The zero-order chi connectivity index (χ0) is 20.1. The maximum Gasteiger partial charge on any atom is 0.238 e. The number of primary sulfonamides is 1. The summed E-state index contributed by atoms with van der Waals surface area (Å²) in [6.07, 6.45) is 2.68. The fraction of sp³-hybridized carbons (Fsp3) is 0.333. The Kier molecular flexibility index (Phi) is 8.49. The number of aromatic nitrogens is 1. The Morgan fingerprint density at radius 3 is 2.69 bits per heavy atom. The molecule has 0 aliphatic carbocycles. The van der Waals surface area contributed by atoms with Crippen molar-refractivity contribution in [1.29, 1.82) is 0 Å². The first-order valence-electron chi connectivity index (χ1n) is 8.81. The van der Waals surface area contributed by atoms with Crippen LogP contribution in [0.5, 0.6) is 0 Å². The van der Waals surface area contributed by atoms with Gasteiger partial charge in [-0.1, -0.05) is 23.7 Å². The Hall–Kier alpha value is -1.63. The molecule has 0 bridgehead atoms. The van der Waals surface area contributed by atoms with Crippen LogP contribution in [0.1, 0.15) is 12.0 Å². The Morgan fingerprint density at radius 1 is 1.34 bits per heavy atom. The SMILES string of the molecule is CN=C(NCc1ccc(S(N)(=O)=O)cc1)NC1CCN(c2ncccc2Cl)C1.I. The summed E-state index contributed by atoms with van der Waals surface area (Å²) in [6.45, 7) is 2.15. The van der Waals surface area contributed by atoms with E-state index in [-0.39, 0.29) is 34.9 Å². The molecular weight excluding hydrogens is 527 g/mol. The van der Waals surface area contributed by atoms with Gasteiger partial charge >= 0.3 is 0 Å². The van der Waals surface area contributed by atoms with E-state index in [9.17, 15) is 8.42 Å². The molecule has 0 amide bonds. The molecule has 1 fully saturated rings. The van der Waals surface area contributed by atoms with Gasteiger partial charge in [-0.15, -0.1) is 24.0 Å². The highest BCUT2D eigenvalue weighted by Crippen LogP contribution is 2.25. The molecule has 1 unspecified atom stereocenters. The molecule has 11 heteroatoms. The minimum Gasteiger partial charge on any atom is -0.353 e. The summed E-state index contributed by atoms with van der Waals surface area (Å²) in [5.74, 6) is 1.47. The van der Waals surface area contributed by atoms with Gasteiger partial charge in [0.1, 0.15) is 5.82 Å². The maximum absolute atomic E-state index is 11.3. The lowest BCUT2D eigenvalue weighted by Crippen LogP contribution is -2.44. The maximum atomic E-state index is 11.3. The van der Waals surface area contributed by atoms with Gasteiger partial charge in [0.05, 0.1) is 9.92 Å². The van der Waals surface area contributed by atoms with Gasteiger partial charge in [0.2, 0.25) is 10.0 Å². The van der Waals surface area contributed by atoms with Crippen molar-refractivity contribution in [3.63, 3.8) is 0 Å². The number of sulfonamides is 1. The Morgan fingerprint density at radius 2 is 2.07 bits per heavy atom. The number of halogens is 2. The van der Waals surface area contributed by atoms with Crippen molar-refractivity contribution in [2.24, 2.45) is 10.1 Å². The smallest absolute Gasteiger partial charge is 0.238 e. The van der Waals surface area contributed by atoms with E-state index < -0.39 is 10.0 Å². The predicted molar refractivity (Wildman–Crippen MR) is 126 cm³/mol. The fourth-order valence-electron chi connectivity index (χ4n) is 3.05. The highest BCUT2D eigenvalue weighted by molar-refractivity contribution is 14.0. The molecule has 1 aromatic carbocycles. The van der Waals surface area contributed by atoms with Crippen LogP contribution in [0.2, 0.25) is 5.02 Å². The topological polar surface area (TPSA) is 113 Å².